The third-order valence-electron chi connectivity index (χ3n) is 3.47. The number of carbonyl (C=O) groups is 2. The molecule has 1 heterocycles. The largest absolute Gasteiger partial charge is 0.378 e. The second-order valence-electron chi connectivity index (χ2n) is 5.08. The van der Waals surface area contributed by atoms with E-state index >= 15 is 0 Å². The maximum absolute atomic E-state index is 13.5. The lowest BCUT2D eigenvalue weighted by Crippen LogP contribution is -2.53. The molecular formula is C15H20ClF2N3O3. The van der Waals surface area contributed by atoms with E-state index in [1.54, 1.807) is 6.92 Å². The molecule has 1 aliphatic rings. The average molecular weight is 364 g/mol. The van der Waals surface area contributed by atoms with Gasteiger partial charge in [-0.3, -0.25) is 9.59 Å². The Hall–Kier alpha value is -1.77. The molecule has 134 valence electrons. The van der Waals surface area contributed by atoms with Crippen LogP contribution >= 0.6 is 12.4 Å². The Balaban J connectivity index is 0.00000288. The Morgan fingerprint density at radius 1 is 1.38 bits per heavy atom. The number of hydrogen-bond donors (Lipinski definition) is 2. The van der Waals surface area contributed by atoms with Crippen LogP contribution < -0.4 is 10.6 Å². The van der Waals surface area contributed by atoms with Gasteiger partial charge in [0.15, 0.2) is 0 Å². The first kappa shape index (κ1) is 20.3. The minimum Gasteiger partial charge on any atom is -0.378 e. The van der Waals surface area contributed by atoms with Crippen molar-refractivity contribution in [1.29, 1.82) is 0 Å². The molecule has 1 aromatic carbocycles. The van der Waals surface area contributed by atoms with Crippen LogP contribution in [0.3, 0.4) is 0 Å². The molecule has 0 bridgehead atoms. The quantitative estimate of drug-likeness (QED) is 0.823. The van der Waals surface area contributed by atoms with E-state index < -0.39 is 29.3 Å². The van der Waals surface area contributed by atoms with Crippen molar-refractivity contribution in [3.8, 4) is 0 Å². The third kappa shape index (κ3) is 5.12. The van der Waals surface area contributed by atoms with E-state index in [1.807, 2.05) is 0 Å². The lowest BCUT2D eigenvalue weighted by atomic mass is 10.2. The molecule has 1 atom stereocenters. The average Bonchev–Trinajstić information content (AvgIpc) is 2.56. The number of morpholine rings is 1. The SMILES string of the molecule is CCN(CC(=O)Nc1c(F)cccc1F)C(=O)C1COCCN1.Cl. The topological polar surface area (TPSA) is 70.7 Å². The summed E-state index contributed by atoms with van der Waals surface area (Å²) < 4.78 is 32.3. The van der Waals surface area contributed by atoms with Gasteiger partial charge in [-0.15, -0.1) is 12.4 Å². The first-order chi connectivity index (χ1) is 11.0. The standard InChI is InChI=1S/C15H19F2N3O3.ClH/c1-2-20(15(22)12-9-23-7-6-18-12)8-13(21)19-14-10(16)4-3-5-11(14)17;/h3-5,12,18H,2,6-9H2,1H3,(H,19,21);1H. The highest BCUT2D eigenvalue weighted by Gasteiger charge is 2.27. The molecule has 1 aromatic rings. The Kier molecular flexibility index (Phi) is 8.03. The number of benzene rings is 1. The fraction of sp³-hybridized carbons (Fsp3) is 0.467. The van der Waals surface area contributed by atoms with Crippen molar-refractivity contribution < 1.29 is 23.1 Å². The predicted octanol–water partition coefficient (Wildman–Crippen LogP) is 1.16. The molecule has 0 radical (unpaired) electrons. The molecule has 1 saturated heterocycles. The number of nitrogens with one attached hydrogen (secondary N) is 2. The Bertz CT molecular complexity index is 563. The van der Waals surface area contributed by atoms with Crippen LogP contribution in [0.1, 0.15) is 6.92 Å². The van der Waals surface area contributed by atoms with Crippen LogP contribution in [0, 0.1) is 11.6 Å². The normalized spacial score (nSPS) is 16.9. The fourth-order valence-corrected chi connectivity index (χ4v) is 2.26. The number of nitrogens with zero attached hydrogens (tertiary/aromatic N) is 1. The van der Waals surface area contributed by atoms with Gasteiger partial charge < -0.3 is 20.3 Å². The molecule has 0 aromatic heterocycles. The molecule has 0 saturated carbocycles. The van der Waals surface area contributed by atoms with Gasteiger partial charge in [0, 0.05) is 13.1 Å². The van der Waals surface area contributed by atoms with Gasteiger partial charge in [0.2, 0.25) is 11.8 Å². The van der Waals surface area contributed by atoms with Gasteiger partial charge in [-0.25, -0.2) is 8.78 Å². The Morgan fingerprint density at radius 3 is 2.58 bits per heavy atom. The van der Waals surface area contributed by atoms with Gasteiger partial charge >= 0.3 is 0 Å². The number of rotatable bonds is 5. The van der Waals surface area contributed by atoms with Gasteiger partial charge in [0.05, 0.1) is 19.8 Å². The zero-order valence-corrected chi connectivity index (χ0v) is 14.0. The molecule has 6 nitrogen and oxygen atoms in total. The minimum atomic E-state index is -0.866. The molecule has 1 aliphatic heterocycles. The van der Waals surface area contributed by atoms with Crippen LogP contribution in [0.15, 0.2) is 18.2 Å². The maximum Gasteiger partial charge on any atom is 0.244 e. The summed E-state index contributed by atoms with van der Waals surface area (Å²) in [5, 5.41) is 5.17. The van der Waals surface area contributed by atoms with Crippen LogP contribution in [-0.2, 0) is 14.3 Å². The van der Waals surface area contributed by atoms with Crippen LogP contribution in [-0.4, -0.2) is 55.6 Å². The summed E-state index contributed by atoms with van der Waals surface area (Å²) in [5.41, 5.74) is -0.514. The van der Waals surface area contributed by atoms with Crippen molar-refractivity contribution in [2.75, 3.05) is 38.2 Å². The van der Waals surface area contributed by atoms with Crippen molar-refractivity contribution in [1.82, 2.24) is 10.2 Å². The molecular weight excluding hydrogens is 344 g/mol. The number of hydrogen-bond acceptors (Lipinski definition) is 4. The van der Waals surface area contributed by atoms with E-state index in [4.69, 9.17) is 4.74 Å². The second kappa shape index (κ2) is 9.51. The minimum absolute atomic E-state index is 0. The molecule has 2 amide bonds. The number of carbonyl (C=O) groups excluding carboxylic acids is 2. The highest BCUT2D eigenvalue weighted by atomic mass is 35.5. The van der Waals surface area contributed by atoms with E-state index in [2.05, 4.69) is 10.6 Å². The molecule has 2 N–H and O–H groups in total. The summed E-state index contributed by atoms with van der Waals surface area (Å²) in [4.78, 5) is 25.6. The van der Waals surface area contributed by atoms with Gasteiger partial charge in [0.25, 0.3) is 0 Å². The van der Waals surface area contributed by atoms with E-state index in [1.165, 1.54) is 11.0 Å². The first-order valence-corrected chi connectivity index (χ1v) is 7.36. The molecule has 2 rings (SSSR count). The lowest BCUT2D eigenvalue weighted by Gasteiger charge is -2.29. The monoisotopic (exact) mass is 363 g/mol. The summed E-state index contributed by atoms with van der Waals surface area (Å²) in [7, 11) is 0. The number of para-hydroxylation sites is 1. The fourth-order valence-electron chi connectivity index (χ4n) is 2.26. The number of amides is 2. The highest BCUT2D eigenvalue weighted by Crippen LogP contribution is 2.17. The number of halogens is 3. The number of likely N-dealkylation sites (N-methyl/N-ethyl adjacent to an activating group) is 1. The van der Waals surface area contributed by atoms with E-state index in [0.717, 1.165) is 12.1 Å². The Labute approximate surface area is 144 Å². The summed E-state index contributed by atoms with van der Waals surface area (Å²) in [6, 6.07) is 2.79. The zero-order chi connectivity index (χ0) is 16.8. The van der Waals surface area contributed by atoms with Gasteiger partial charge in [-0.05, 0) is 19.1 Å². The van der Waals surface area contributed by atoms with Crippen molar-refractivity contribution in [2.45, 2.75) is 13.0 Å². The molecule has 9 heteroatoms. The smallest absolute Gasteiger partial charge is 0.244 e. The first-order valence-electron chi connectivity index (χ1n) is 7.36. The molecule has 0 aliphatic carbocycles. The van der Waals surface area contributed by atoms with Crippen LogP contribution in [0.5, 0.6) is 0 Å². The Morgan fingerprint density at radius 2 is 2.04 bits per heavy atom. The summed E-state index contributed by atoms with van der Waals surface area (Å²) >= 11 is 0. The highest BCUT2D eigenvalue weighted by molar-refractivity contribution is 5.95. The van der Waals surface area contributed by atoms with E-state index in [9.17, 15) is 18.4 Å². The summed E-state index contributed by atoms with van der Waals surface area (Å²) in [6.45, 7) is 3.05. The van der Waals surface area contributed by atoms with Crippen molar-refractivity contribution in [2.24, 2.45) is 0 Å². The number of ether oxygens (including phenoxy) is 1. The lowest BCUT2D eigenvalue weighted by molar-refractivity contribution is -0.138. The molecule has 1 fully saturated rings. The van der Waals surface area contributed by atoms with Crippen molar-refractivity contribution >= 4 is 29.9 Å². The predicted molar refractivity (Wildman–Crippen MR) is 87.1 cm³/mol. The molecule has 24 heavy (non-hydrogen) atoms. The van der Waals surface area contributed by atoms with Crippen molar-refractivity contribution in [3.05, 3.63) is 29.8 Å². The third-order valence-corrected chi connectivity index (χ3v) is 3.47. The van der Waals surface area contributed by atoms with Crippen molar-refractivity contribution in [3.63, 3.8) is 0 Å². The van der Waals surface area contributed by atoms with E-state index in [0.29, 0.717) is 19.7 Å². The van der Waals surface area contributed by atoms with Crippen LogP contribution in [0.4, 0.5) is 14.5 Å². The van der Waals surface area contributed by atoms with E-state index in [-0.39, 0.29) is 31.5 Å². The van der Waals surface area contributed by atoms with Gasteiger partial charge in [-0.2, -0.15) is 0 Å². The van der Waals surface area contributed by atoms with Crippen LogP contribution in [0.2, 0.25) is 0 Å². The summed E-state index contributed by atoms with van der Waals surface area (Å²) in [5.74, 6) is -2.68. The van der Waals surface area contributed by atoms with Crippen LogP contribution in [0.25, 0.3) is 0 Å². The molecule has 0 spiro atoms. The number of anilines is 1. The summed E-state index contributed by atoms with van der Waals surface area (Å²) in [6.07, 6.45) is 0. The second-order valence-corrected chi connectivity index (χ2v) is 5.08. The van der Waals surface area contributed by atoms with Gasteiger partial charge in [-0.1, -0.05) is 6.07 Å². The van der Waals surface area contributed by atoms with Gasteiger partial charge in [0.1, 0.15) is 23.4 Å². The zero-order valence-electron chi connectivity index (χ0n) is 13.2. The molecule has 1 unspecified atom stereocenters. The maximum atomic E-state index is 13.5.